The van der Waals surface area contributed by atoms with Gasteiger partial charge in [0.1, 0.15) is 23.5 Å². The van der Waals surface area contributed by atoms with E-state index in [-0.39, 0.29) is 11.3 Å². The Morgan fingerprint density at radius 3 is 2.53 bits per heavy atom. The summed E-state index contributed by atoms with van der Waals surface area (Å²) in [7, 11) is 0. The summed E-state index contributed by atoms with van der Waals surface area (Å²) in [6, 6.07) is 25.6. The number of pyridine rings is 1. The Balaban J connectivity index is 1.20. The number of para-hydroxylation sites is 1. The van der Waals surface area contributed by atoms with E-state index in [0.717, 1.165) is 39.2 Å². The lowest BCUT2D eigenvalue weighted by Crippen LogP contribution is -2.27. The number of aromatic nitrogens is 4. The number of rotatable bonds is 7. The molecule has 2 aromatic heterocycles. The number of hydrogen-bond acceptors (Lipinski definition) is 7. The van der Waals surface area contributed by atoms with Crippen LogP contribution in [0.3, 0.4) is 0 Å². The van der Waals surface area contributed by atoms with E-state index in [1.165, 1.54) is 0 Å². The molecule has 0 radical (unpaired) electrons. The highest BCUT2D eigenvalue weighted by Crippen LogP contribution is 2.42. The summed E-state index contributed by atoms with van der Waals surface area (Å²) >= 11 is 1.62. The number of ether oxygens (including phenoxy) is 2. The predicted octanol–water partition coefficient (Wildman–Crippen LogP) is 5.03. The highest BCUT2D eigenvalue weighted by atomic mass is 32.2. The zero-order valence-electron chi connectivity index (χ0n) is 19.6. The van der Waals surface area contributed by atoms with Crippen LogP contribution < -0.4 is 14.4 Å². The Morgan fingerprint density at radius 2 is 1.72 bits per heavy atom. The second-order valence-corrected chi connectivity index (χ2v) is 9.42. The van der Waals surface area contributed by atoms with Crippen molar-refractivity contribution in [3.63, 3.8) is 0 Å². The normalized spacial score (nSPS) is 15.6. The third-order valence-corrected chi connectivity index (χ3v) is 7.32. The quantitative estimate of drug-likeness (QED) is 0.312. The van der Waals surface area contributed by atoms with Crippen LogP contribution in [-0.4, -0.2) is 38.3 Å². The standard InChI is InChI=1S/C27H23N5O3S/c1-2-34-22-13-9-21(10-14-22)31-25(33)17-36-27(31)18-7-11-23(12-8-18)35-16-20-15-19-5-3-4-6-24(19)32-26(20)28-29-30-32/h3-15,27H,2,16-17H2,1H3. The molecular weight excluding hydrogens is 474 g/mol. The largest absolute Gasteiger partial charge is 0.494 e. The number of anilines is 1. The molecule has 1 aliphatic heterocycles. The first-order valence-corrected chi connectivity index (χ1v) is 12.7. The number of benzene rings is 3. The lowest BCUT2D eigenvalue weighted by Gasteiger charge is -2.24. The van der Waals surface area contributed by atoms with Gasteiger partial charge in [-0.1, -0.05) is 30.3 Å². The van der Waals surface area contributed by atoms with Gasteiger partial charge in [0.25, 0.3) is 0 Å². The minimum atomic E-state index is -0.0910. The van der Waals surface area contributed by atoms with Crippen molar-refractivity contribution >= 4 is 39.9 Å². The molecule has 0 N–H and O–H groups in total. The van der Waals surface area contributed by atoms with Crippen LogP contribution in [0.5, 0.6) is 11.5 Å². The van der Waals surface area contributed by atoms with Gasteiger partial charge in [0.05, 0.1) is 17.9 Å². The van der Waals surface area contributed by atoms with Gasteiger partial charge in [0, 0.05) is 16.6 Å². The van der Waals surface area contributed by atoms with Crippen LogP contribution >= 0.6 is 11.8 Å². The minimum absolute atomic E-state index is 0.0910. The molecule has 3 heterocycles. The second kappa shape index (κ2) is 9.50. The third kappa shape index (κ3) is 4.11. The Hall–Kier alpha value is -4.11. The van der Waals surface area contributed by atoms with Crippen molar-refractivity contribution in [2.45, 2.75) is 18.9 Å². The van der Waals surface area contributed by atoms with Gasteiger partial charge in [-0.25, -0.2) is 0 Å². The number of carbonyl (C=O) groups excluding carboxylic acids is 1. The molecule has 5 aromatic rings. The van der Waals surface area contributed by atoms with Gasteiger partial charge in [-0.3, -0.25) is 9.69 Å². The topological polar surface area (TPSA) is 81.8 Å². The Labute approximate surface area is 211 Å². The Bertz CT molecular complexity index is 1540. The smallest absolute Gasteiger partial charge is 0.238 e. The summed E-state index contributed by atoms with van der Waals surface area (Å²) in [5.41, 5.74) is 4.44. The lowest BCUT2D eigenvalue weighted by molar-refractivity contribution is -0.115. The molecule has 1 atom stereocenters. The molecular formula is C27H23N5O3S. The van der Waals surface area contributed by atoms with Crippen molar-refractivity contribution in [3.8, 4) is 11.5 Å². The van der Waals surface area contributed by atoms with Crippen LogP contribution in [0.2, 0.25) is 0 Å². The zero-order chi connectivity index (χ0) is 24.5. The maximum Gasteiger partial charge on any atom is 0.238 e. The molecule has 1 fully saturated rings. The summed E-state index contributed by atoms with van der Waals surface area (Å²) in [5, 5.41) is 13.1. The fourth-order valence-corrected chi connectivity index (χ4v) is 5.60. The van der Waals surface area contributed by atoms with Gasteiger partial charge in [-0.2, -0.15) is 4.52 Å². The molecule has 1 aliphatic rings. The molecule has 1 unspecified atom stereocenters. The maximum atomic E-state index is 12.7. The fourth-order valence-electron chi connectivity index (χ4n) is 4.42. The highest BCUT2D eigenvalue weighted by Gasteiger charge is 2.34. The summed E-state index contributed by atoms with van der Waals surface area (Å²) in [5.74, 6) is 2.07. The highest BCUT2D eigenvalue weighted by molar-refractivity contribution is 8.00. The van der Waals surface area contributed by atoms with Crippen LogP contribution in [0.15, 0.2) is 78.9 Å². The number of hydrogen-bond donors (Lipinski definition) is 0. The first-order valence-electron chi connectivity index (χ1n) is 11.7. The van der Waals surface area contributed by atoms with Crippen molar-refractivity contribution < 1.29 is 14.3 Å². The lowest BCUT2D eigenvalue weighted by atomic mass is 10.1. The molecule has 8 nitrogen and oxygen atoms in total. The average molecular weight is 498 g/mol. The third-order valence-electron chi connectivity index (χ3n) is 6.10. The number of carbonyl (C=O) groups is 1. The van der Waals surface area contributed by atoms with E-state index in [2.05, 4.69) is 21.6 Å². The second-order valence-electron chi connectivity index (χ2n) is 8.35. The molecule has 3 aromatic carbocycles. The van der Waals surface area contributed by atoms with Crippen LogP contribution in [0.25, 0.3) is 16.6 Å². The molecule has 1 saturated heterocycles. The monoisotopic (exact) mass is 497 g/mol. The Morgan fingerprint density at radius 1 is 0.972 bits per heavy atom. The predicted molar refractivity (Wildman–Crippen MR) is 139 cm³/mol. The molecule has 0 bridgehead atoms. The molecule has 1 amide bonds. The molecule has 0 aliphatic carbocycles. The van der Waals surface area contributed by atoms with Crippen molar-refractivity contribution in [1.29, 1.82) is 0 Å². The first kappa shape index (κ1) is 22.4. The van der Waals surface area contributed by atoms with Gasteiger partial charge >= 0.3 is 0 Å². The SMILES string of the molecule is CCOc1ccc(N2C(=O)CSC2c2ccc(OCc3cc4ccccc4n4nnnc34)cc2)cc1. The molecule has 0 saturated carbocycles. The van der Waals surface area contributed by atoms with Crippen molar-refractivity contribution in [2.75, 3.05) is 17.3 Å². The van der Waals surface area contributed by atoms with Gasteiger partial charge in [0.2, 0.25) is 5.91 Å². The van der Waals surface area contributed by atoms with Crippen LogP contribution in [-0.2, 0) is 11.4 Å². The van der Waals surface area contributed by atoms with Gasteiger partial charge in [0.15, 0.2) is 5.65 Å². The van der Waals surface area contributed by atoms with Gasteiger partial charge in [-0.15, -0.1) is 16.9 Å². The van der Waals surface area contributed by atoms with Gasteiger partial charge < -0.3 is 9.47 Å². The number of nitrogens with zero attached hydrogens (tertiary/aromatic N) is 5. The summed E-state index contributed by atoms with van der Waals surface area (Å²) < 4.78 is 13.4. The van der Waals surface area contributed by atoms with Crippen LogP contribution in [0, 0.1) is 0 Å². The summed E-state index contributed by atoms with van der Waals surface area (Å²) in [4.78, 5) is 14.6. The zero-order valence-corrected chi connectivity index (χ0v) is 20.4. The first-order chi connectivity index (χ1) is 17.7. The number of tetrazole rings is 1. The van der Waals surface area contributed by atoms with Crippen molar-refractivity contribution in [1.82, 2.24) is 20.0 Å². The number of thioether (sulfide) groups is 1. The van der Waals surface area contributed by atoms with Crippen LogP contribution in [0.1, 0.15) is 23.4 Å². The van der Waals surface area contributed by atoms with E-state index in [9.17, 15) is 4.79 Å². The van der Waals surface area contributed by atoms with E-state index in [1.807, 2.05) is 84.6 Å². The van der Waals surface area contributed by atoms with E-state index in [4.69, 9.17) is 9.47 Å². The fraction of sp³-hybridized carbons (Fsp3) is 0.185. The van der Waals surface area contributed by atoms with E-state index in [0.29, 0.717) is 24.6 Å². The van der Waals surface area contributed by atoms with E-state index in [1.54, 1.807) is 16.3 Å². The number of amides is 1. The van der Waals surface area contributed by atoms with Crippen molar-refractivity contribution in [3.05, 3.63) is 90.0 Å². The minimum Gasteiger partial charge on any atom is -0.494 e. The van der Waals surface area contributed by atoms with Gasteiger partial charge in [-0.05, 0) is 71.4 Å². The molecule has 36 heavy (non-hydrogen) atoms. The molecule has 0 spiro atoms. The summed E-state index contributed by atoms with van der Waals surface area (Å²) in [6.07, 6.45) is 0. The summed E-state index contributed by atoms with van der Waals surface area (Å²) in [6.45, 7) is 2.89. The molecule has 6 rings (SSSR count). The average Bonchev–Trinajstić information content (AvgIpc) is 3.56. The maximum absolute atomic E-state index is 12.7. The molecule has 180 valence electrons. The number of fused-ring (bicyclic) bond motifs is 3. The molecule has 9 heteroatoms. The van der Waals surface area contributed by atoms with Crippen molar-refractivity contribution in [2.24, 2.45) is 0 Å². The van der Waals surface area contributed by atoms with E-state index < -0.39 is 0 Å². The van der Waals surface area contributed by atoms with E-state index >= 15 is 0 Å². The van der Waals surface area contributed by atoms with Crippen LogP contribution in [0.4, 0.5) is 5.69 Å². The Kier molecular flexibility index (Phi) is 5.90.